The Bertz CT molecular complexity index is 1290. The summed E-state index contributed by atoms with van der Waals surface area (Å²) in [6, 6.07) is 22.6. The highest BCUT2D eigenvalue weighted by Crippen LogP contribution is 2.36. The Morgan fingerprint density at radius 3 is 2.38 bits per heavy atom. The van der Waals surface area contributed by atoms with Crippen molar-refractivity contribution in [2.24, 2.45) is 0 Å². The number of benzene rings is 3. The summed E-state index contributed by atoms with van der Waals surface area (Å²) in [4.78, 5) is 27.3. The molecule has 4 rings (SSSR count). The minimum absolute atomic E-state index is 0.126. The number of carbonyl (C=O) groups is 1. The maximum absolute atomic E-state index is 11.8. The van der Waals surface area contributed by atoms with Crippen LogP contribution in [0.3, 0.4) is 0 Å². The van der Waals surface area contributed by atoms with Crippen molar-refractivity contribution in [1.29, 1.82) is 0 Å². The maximum Gasteiger partial charge on any atom is 0.313 e. The number of hydrogen-bond acceptors (Lipinski definition) is 6. The van der Waals surface area contributed by atoms with Gasteiger partial charge in [-0.15, -0.1) is 0 Å². The SMILES string of the molecule is COC(=O)CCCCCOc1cc2c(cc1[N+](=O)[O-])nc(-c1ccccc1)n2-c1ccccc1. The van der Waals surface area contributed by atoms with E-state index in [2.05, 4.69) is 4.74 Å². The highest BCUT2D eigenvalue weighted by molar-refractivity contribution is 5.87. The number of ether oxygens (including phenoxy) is 2. The van der Waals surface area contributed by atoms with Crippen LogP contribution in [0.4, 0.5) is 5.69 Å². The van der Waals surface area contributed by atoms with Crippen LogP contribution < -0.4 is 4.74 Å². The number of para-hydroxylation sites is 1. The summed E-state index contributed by atoms with van der Waals surface area (Å²) >= 11 is 0. The van der Waals surface area contributed by atoms with Crippen LogP contribution in [-0.4, -0.2) is 34.2 Å². The number of esters is 1. The molecule has 1 aromatic heterocycles. The molecule has 0 unspecified atom stereocenters. The Morgan fingerprint density at radius 2 is 1.71 bits per heavy atom. The molecule has 4 aromatic rings. The third-order valence-corrected chi connectivity index (χ3v) is 5.49. The lowest BCUT2D eigenvalue weighted by Crippen LogP contribution is -2.03. The first-order chi connectivity index (χ1) is 16.6. The van der Waals surface area contributed by atoms with Crippen molar-refractivity contribution in [2.45, 2.75) is 25.7 Å². The van der Waals surface area contributed by atoms with E-state index < -0.39 is 4.92 Å². The van der Waals surface area contributed by atoms with E-state index in [1.807, 2.05) is 65.2 Å². The molecule has 0 saturated carbocycles. The van der Waals surface area contributed by atoms with Crippen LogP contribution in [0.15, 0.2) is 72.8 Å². The van der Waals surface area contributed by atoms with Crippen LogP contribution in [0.25, 0.3) is 28.1 Å². The first-order valence-electron chi connectivity index (χ1n) is 11.1. The number of carbonyl (C=O) groups excluding carboxylic acids is 1. The molecular formula is C26H25N3O5. The molecule has 8 heteroatoms. The largest absolute Gasteiger partial charge is 0.487 e. The number of nitrogens with zero attached hydrogens (tertiary/aromatic N) is 3. The van der Waals surface area contributed by atoms with Gasteiger partial charge in [0.1, 0.15) is 5.82 Å². The maximum atomic E-state index is 11.8. The second-order valence-corrected chi connectivity index (χ2v) is 7.77. The quantitative estimate of drug-likeness (QED) is 0.130. The fourth-order valence-electron chi connectivity index (χ4n) is 3.80. The summed E-state index contributed by atoms with van der Waals surface area (Å²) in [6.07, 6.45) is 2.45. The Hall–Kier alpha value is -4.20. The summed E-state index contributed by atoms with van der Waals surface area (Å²) in [6.45, 7) is 0.304. The van der Waals surface area contributed by atoms with E-state index >= 15 is 0 Å². The van der Waals surface area contributed by atoms with Gasteiger partial charge in [-0.3, -0.25) is 19.5 Å². The van der Waals surface area contributed by atoms with Crippen LogP contribution in [0, 0.1) is 10.1 Å². The number of methoxy groups -OCH3 is 1. The molecule has 0 spiro atoms. The minimum Gasteiger partial charge on any atom is -0.487 e. The molecule has 0 atom stereocenters. The summed E-state index contributed by atoms with van der Waals surface area (Å²) < 4.78 is 12.5. The summed E-state index contributed by atoms with van der Waals surface area (Å²) in [5, 5.41) is 11.8. The summed E-state index contributed by atoms with van der Waals surface area (Å²) in [5.74, 6) is 0.642. The Labute approximate surface area is 196 Å². The van der Waals surface area contributed by atoms with E-state index in [1.54, 1.807) is 6.07 Å². The van der Waals surface area contributed by atoms with E-state index in [0.29, 0.717) is 37.2 Å². The van der Waals surface area contributed by atoms with Crippen LogP contribution in [-0.2, 0) is 9.53 Å². The molecule has 1 heterocycles. The van der Waals surface area contributed by atoms with Crippen molar-refractivity contribution in [2.75, 3.05) is 13.7 Å². The van der Waals surface area contributed by atoms with Crippen molar-refractivity contribution in [3.05, 3.63) is 82.9 Å². The normalized spacial score (nSPS) is 10.9. The van der Waals surface area contributed by atoms with Gasteiger partial charge in [-0.25, -0.2) is 4.98 Å². The zero-order valence-corrected chi connectivity index (χ0v) is 18.8. The van der Waals surface area contributed by atoms with Crippen molar-refractivity contribution in [3.63, 3.8) is 0 Å². The molecule has 0 fully saturated rings. The van der Waals surface area contributed by atoms with Crippen LogP contribution in [0.5, 0.6) is 5.75 Å². The number of imidazole rings is 1. The molecule has 0 N–H and O–H groups in total. The zero-order chi connectivity index (χ0) is 23.9. The van der Waals surface area contributed by atoms with Crippen molar-refractivity contribution >= 4 is 22.7 Å². The molecule has 0 amide bonds. The number of rotatable bonds is 10. The van der Waals surface area contributed by atoms with Crippen molar-refractivity contribution in [1.82, 2.24) is 9.55 Å². The average molecular weight is 460 g/mol. The van der Waals surface area contributed by atoms with Crippen LogP contribution >= 0.6 is 0 Å². The van der Waals surface area contributed by atoms with Gasteiger partial charge in [0.15, 0.2) is 5.75 Å². The number of nitro groups is 1. The van der Waals surface area contributed by atoms with Gasteiger partial charge >= 0.3 is 11.7 Å². The van der Waals surface area contributed by atoms with E-state index in [0.717, 1.165) is 23.2 Å². The molecular weight excluding hydrogens is 434 g/mol. The lowest BCUT2D eigenvalue weighted by atomic mass is 10.2. The fraction of sp³-hybridized carbons (Fsp3) is 0.231. The van der Waals surface area contributed by atoms with Crippen LogP contribution in [0.1, 0.15) is 25.7 Å². The van der Waals surface area contributed by atoms with E-state index in [4.69, 9.17) is 9.72 Å². The highest BCUT2D eigenvalue weighted by Gasteiger charge is 2.22. The van der Waals surface area contributed by atoms with Gasteiger partial charge in [-0.1, -0.05) is 48.5 Å². The van der Waals surface area contributed by atoms with E-state index in [9.17, 15) is 14.9 Å². The Kier molecular flexibility index (Phi) is 7.17. The first kappa shape index (κ1) is 23.0. The first-order valence-corrected chi connectivity index (χ1v) is 11.1. The third kappa shape index (κ3) is 5.06. The molecule has 0 aliphatic rings. The lowest BCUT2D eigenvalue weighted by Gasteiger charge is -2.11. The lowest BCUT2D eigenvalue weighted by molar-refractivity contribution is -0.385. The monoisotopic (exact) mass is 459 g/mol. The Morgan fingerprint density at radius 1 is 1.00 bits per heavy atom. The number of unbranched alkanes of at least 4 members (excludes halogenated alkanes) is 2. The average Bonchev–Trinajstić information content (AvgIpc) is 3.24. The topological polar surface area (TPSA) is 96.5 Å². The zero-order valence-electron chi connectivity index (χ0n) is 18.8. The van der Waals surface area contributed by atoms with Gasteiger partial charge in [0, 0.05) is 29.8 Å². The van der Waals surface area contributed by atoms with Crippen molar-refractivity contribution in [3.8, 4) is 22.8 Å². The van der Waals surface area contributed by atoms with Gasteiger partial charge in [0.2, 0.25) is 0 Å². The summed E-state index contributed by atoms with van der Waals surface area (Å²) in [5.41, 5.74) is 2.90. The van der Waals surface area contributed by atoms with Gasteiger partial charge < -0.3 is 9.47 Å². The van der Waals surface area contributed by atoms with Crippen molar-refractivity contribution < 1.29 is 19.2 Å². The molecule has 0 radical (unpaired) electrons. The number of fused-ring (bicyclic) bond motifs is 1. The van der Waals surface area contributed by atoms with E-state index in [-0.39, 0.29) is 17.4 Å². The predicted octanol–water partition coefficient (Wildman–Crippen LogP) is 5.71. The molecule has 174 valence electrons. The number of aromatic nitrogens is 2. The second kappa shape index (κ2) is 10.6. The third-order valence-electron chi connectivity index (χ3n) is 5.49. The Balaban J connectivity index is 1.69. The highest BCUT2D eigenvalue weighted by atomic mass is 16.6. The van der Waals surface area contributed by atoms with Crippen LogP contribution in [0.2, 0.25) is 0 Å². The van der Waals surface area contributed by atoms with Gasteiger partial charge in [0.05, 0.1) is 29.7 Å². The summed E-state index contributed by atoms with van der Waals surface area (Å²) in [7, 11) is 1.37. The molecule has 0 bridgehead atoms. The van der Waals surface area contributed by atoms with Gasteiger partial charge in [-0.2, -0.15) is 0 Å². The molecule has 8 nitrogen and oxygen atoms in total. The van der Waals surface area contributed by atoms with E-state index in [1.165, 1.54) is 13.2 Å². The second-order valence-electron chi connectivity index (χ2n) is 7.77. The van der Waals surface area contributed by atoms with Gasteiger partial charge in [0.25, 0.3) is 0 Å². The molecule has 3 aromatic carbocycles. The molecule has 0 saturated heterocycles. The number of hydrogen-bond donors (Lipinski definition) is 0. The smallest absolute Gasteiger partial charge is 0.313 e. The fourth-order valence-corrected chi connectivity index (χ4v) is 3.80. The molecule has 0 aliphatic carbocycles. The van der Waals surface area contributed by atoms with Gasteiger partial charge in [-0.05, 0) is 31.4 Å². The minimum atomic E-state index is -0.449. The molecule has 34 heavy (non-hydrogen) atoms. The number of nitro benzene ring substituents is 1. The molecule has 0 aliphatic heterocycles. The predicted molar refractivity (Wildman–Crippen MR) is 129 cm³/mol. The standard InChI is InChI=1S/C26H25N3O5/c1-33-25(30)15-9-4-10-16-34-24-18-22-21(17-23(24)29(31)32)27-26(19-11-5-2-6-12-19)28(22)20-13-7-3-8-14-20/h2-3,5-8,11-14,17-18H,4,9-10,15-16H2,1H3.